The summed E-state index contributed by atoms with van der Waals surface area (Å²) in [6, 6.07) is 3.49. The molecule has 0 aromatic rings. The first kappa shape index (κ1) is 13.8. The first-order valence-corrected chi connectivity index (χ1v) is 8.30. The lowest BCUT2D eigenvalue weighted by Gasteiger charge is -2.29. The summed E-state index contributed by atoms with van der Waals surface area (Å²) in [4.78, 5) is 10.7. The molecule has 0 amide bonds. The van der Waals surface area contributed by atoms with Crippen molar-refractivity contribution < 1.29 is 9.22 Å². The summed E-state index contributed by atoms with van der Waals surface area (Å²) < 4.78 is 6.03. The zero-order valence-electron chi connectivity index (χ0n) is 10.0. The molecule has 2 nitrogen and oxygen atoms in total. The third-order valence-electron chi connectivity index (χ3n) is 3.25. The molecule has 0 aliphatic heterocycles. The van der Waals surface area contributed by atoms with E-state index in [4.69, 9.17) is 4.43 Å². The van der Waals surface area contributed by atoms with Crippen LogP contribution in [-0.4, -0.2) is 21.2 Å². The zero-order chi connectivity index (χ0) is 11.0. The van der Waals surface area contributed by atoms with Crippen LogP contribution in [0, 0.1) is 5.92 Å². The summed E-state index contributed by atoms with van der Waals surface area (Å²) in [5.74, 6) is 0.103. The maximum absolute atomic E-state index is 10.7. The van der Waals surface area contributed by atoms with E-state index < -0.39 is 8.32 Å². The first-order chi connectivity index (χ1) is 6.67. The Bertz CT molecular complexity index is 147. The van der Waals surface area contributed by atoms with Crippen molar-refractivity contribution in [1.29, 1.82) is 0 Å². The Morgan fingerprint density at radius 3 is 1.93 bits per heavy atom. The Morgan fingerprint density at radius 1 is 1.14 bits per heavy atom. The van der Waals surface area contributed by atoms with Gasteiger partial charge in [0.15, 0.2) is 8.32 Å². The molecule has 14 heavy (non-hydrogen) atoms. The van der Waals surface area contributed by atoms with Crippen molar-refractivity contribution in [3.63, 3.8) is 0 Å². The summed E-state index contributed by atoms with van der Waals surface area (Å²) >= 11 is 0. The molecular formula is C11H24O2Si. The van der Waals surface area contributed by atoms with Crippen LogP contribution in [0.4, 0.5) is 0 Å². The average Bonchev–Trinajstić information content (AvgIpc) is 2.26. The smallest absolute Gasteiger partial charge is 0.192 e. The summed E-state index contributed by atoms with van der Waals surface area (Å²) in [5.41, 5.74) is 0. The van der Waals surface area contributed by atoms with Crippen molar-refractivity contribution in [1.82, 2.24) is 0 Å². The Hall–Kier alpha value is -0.153. The second-order valence-corrected chi connectivity index (χ2v) is 8.64. The molecule has 1 atom stereocenters. The van der Waals surface area contributed by atoms with Crippen LogP contribution in [-0.2, 0) is 9.22 Å². The monoisotopic (exact) mass is 216 g/mol. The lowest BCUT2D eigenvalue weighted by molar-refractivity contribution is -0.112. The molecule has 0 radical (unpaired) electrons. The summed E-state index contributed by atoms with van der Waals surface area (Å²) in [6.45, 7) is 9.31. The average molecular weight is 216 g/mol. The van der Waals surface area contributed by atoms with Crippen molar-refractivity contribution >= 4 is 14.6 Å². The maximum Gasteiger partial charge on any atom is 0.192 e. The van der Waals surface area contributed by atoms with E-state index in [2.05, 4.69) is 20.8 Å². The van der Waals surface area contributed by atoms with E-state index in [-0.39, 0.29) is 5.92 Å². The third-order valence-corrected chi connectivity index (χ3v) is 7.90. The predicted molar refractivity (Wildman–Crippen MR) is 63.0 cm³/mol. The summed E-state index contributed by atoms with van der Waals surface area (Å²) in [5, 5.41) is 0. The summed E-state index contributed by atoms with van der Waals surface area (Å²) in [7, 11) is -1.47. The summed E-state index contributed by atoms with van der Waals surface area (Å²) in [6.07, 6.45) is 1.92. The first-order valence-electron chi connectivity index (χ1n) is 5.77. The second kappa shape index (κ2) is 7.18. The van der Waals surface area contributed by atoms with E-state index in [1.54, 1.807) is 0 Å². The van der Waals surface area contributed by atoms with Gasteiger partial charge >= 0.3 is 0 Å². The maximum atomic E-state index is 10.7. The Labute approximate surface area is 89.2 Å². The van der Waals surface area contributed by atoms with Gasteiger partial charge in [0.2, 0.25) is 0 Å². The molecular weight excluding hydrogens is 192 g/mol. The molecule has 0 fully saturated rings. The van der Waals surface area contributed by atoms with Gasteiger partial charge in [-0.15, -0.1) is 0 Å². The van der Waals surface area contributed by atoms with Crippen LogP contribution in [0.5, 0.6) is 0 Å². The molecule has 0 unspecified atom stereocenters. The fraction of sp³-hybridized carbons (Fsp3) is 0.909. The lowest BCUT2D eigenvalue weighted by Crippen LogP contribution is -2.37. The van der Waals surface area contributed by atoms with Crippen molar-refractivity contribution in [2.75, 3.05) is 6.61 Å². The van der Waals surface area contributed by atoms with Crippen molar-refractivity contribution in [3.05, 3.63) is 0 Å². The van der Waals surface area contributed by atoms with Crippen molar-refractivity contribution in [2.45, 2.75) is 52.2 Å². The van der Waals surface area contributed by atoms with E-state index in [0.29, 0.717) is 6.61 Å². The van der Waals surface area contributed by atoms with Crippen LogP contribution in [0.3, 0.4) is 0 Å². The molecule has 0 saturated heterocycles. The van der Waals surface area contributed by atoms with Crippen LogP contribution in [0.25, 0.3) is 0 Å². The lowest BCUT2D eigenvalue weighted by atomic mass is 10.1. The normalized spacial score (nSPS) is 14.0. The SMILES string of the molecule is CC[C@H](C=O)CO[Si](CC)(CC)CC. The van der Waals surface area contributed by atoms with Gasteiger partial charge in [0.25, 0.3) is 0 Å². The van der Waals surface area contributed by atoms with Gasteiger partial charge in [-0.05, 0) is 24.6 Å². The molecule has 0 saturated carbocycles. The number of rotatable bonds is 8. The third kappa shape index (κ3) is 3.92. The molecule has 0 N–H and O–H groups in total. The van der Waals surface area contributed by atoms with Crippen LogP contribution in [0.1, 0.15) is 34.1 Å². The van der Waals surface area contributed by atoms with Gasteiger partial charge < -0.3 is 9.22 Å². The van der Waals surface area contributed by atoms with Crippen LogP contribution >= 0.6 is 0 Å². The zero-order valence-corrected chi connectivity index (χ0v) is 11.0. The Morgan fingerprint density at radius 2 is 1.64 bits per heavy atom. The Kier molecular flexibility index (Phi) is 7.10. The molecule has 0 heterocycles. The highest BCUT2D eigenvalue weighted by Crippen LogP contribution is 2.22. The van der Waals surface area contributed by atoms with Gasteiger partial charge in [-0.2, -0.15) is 0 Å². The molecule has 0 rings (SSSR count). The molecule has 0 aromatic carbocycles. The highest BCUT2D eigenvalue weighted by Gasteiger charge is 2.29. The van der Waals surface area contributed by atoms with Crippen LogP contribution < -0.4 is 0 Å². The van der Waals surface area contributed by atoms with Crippen molar-refractivity contribution in [3.8, 4) is 0 Å². The van der Waals surface area contributed by atoms with E-state index in [9.17, 15) is 4.79 Å². The number of carbonyl (C=O) groups is 1. The molecule has 0 bridgehead atoms. The van der Waals surface area contributed by atoms with E-state index in [1.807, 2.05) is 6.92 Å². The standard InChI is InChI=1S/C11H24O2Si/c1-5-11(9-12)10-13-14(6-2,7-3)8-4/h9,11H,5-8,10H2,1-4H3/t11-/m1/s1. The van der Waals surface area contributed by atoms with E-state index in [1.165, 1.54) is 0 Å². The fourth-order valence-corrected chi connectivity index (χ4v) is 4.27. The highest BCUT2D eigenvalue weighted by molar-refractivity contribution is 6.73. The van der Waals surface area contributed by atoms with E-state index >= 15 is 0 Å². The van der Waals surface area contributed by atoms with Gasteiger partial charge in [-0.1, -0.05) is 27.7 Å². The van der Waals surface area contributed by atoms with Crippen molar-refractivity contribution in [2.24, 2.45) is 5.92 Å². The molecule has 3 heteroatoms. The van der Waals surface area contributed by atoms with Gasteiger partial charge in [0.1, 0.15) is 6.29 Å². The quantitative estimate of drug-likeness (QED) is 0.460. The number of carbonyl (C=O) groups excluding carboxylic acids is 1. The molecule has 0 aliphatic rings. The number of aldehydes is 1. The number of hydrogen-bond acceptors (Lipinski definition) is 2. The van der Waals surface area contributed by atoms with Gasteiger partial charge in [-0.3, -0.25) is 0 Å². The minimum absolute atomic E-state index is 0.103. The largest absolute Gasteiger partial charge is 0.416 e. The van der Waals surface area contributed by atoms with Gasteiger partial charge in [0, 0.05) is 12.5 Å². The second-order valence-electron chi connectivity index (χ2n) is 3.86. The molecule has 0 spiro atoms. The minimum atomic E-state index is -1.47. The fourth-order valence-electron chi connectivity index (χ4n) is 1.59. The molecule has 0 aliphatic carbocycles. The van der Waals surface area contributed by atoms with E-state index in [0.717, 1.165) is 30.8 Å². The molecule has 84 valence electrons. The van der Waals surface area contributed by atoms with Gasteiger partial charge in [0.05, 0.1) is 0 Å². The predicted octanol–water partition coefficient (Wildman–Crippen LogP) is 3.23. The number of hydrogen-bond donors (Lipinski definition) is 0. The minimum Gasteiger partial charge on any atom is -0.416 e. The van der Waals surface area contributed by atoms with Gasteiger partial charge in [-0.25, -0.2) is 0 Å². The topological polar surface area (TPSA) is 26.3 Å². The van der Waals surface area contributed by atoms with Crippen LogP contribution in [0.15, 0.2) is 0 Å². The highest BCUT2D eigenvalue weighted by atomic mass is 28.4. The molecule has 0 aromatic heterocycles. The van der Waals surface area contributed by atoms with Crippen LogP contribution in [0.2, 0.25) is 18.1 Å². The Balaban J connectivity index is 4.10.